The van der Waals surface area contributed by atoms with Crippen LogP contribution >= 0.6 is 11.3 Å². The van der Waals surface area contributed by atoms with Gasteiger partial charge in [0.2, 0.25) is 0 Å². The van der Waals surface area contributed by atoms with Crippen molar-refractivity contribution in [3.63, 3.8) is 0 Å². The number of carbonyl (C=O) groups excluding carboxylic acids is 1. The zero-order chi connectivity index (χ0) is 14.0. The van der Waals surface area contributed by atoms with E-state index in [2.05, 4.69) is 15.5 Å². The van der Waals surface area contributed by atoms with Crippen molar-refractivity contribution in [3.8, 4) is 0 Å². The van der Waals surface area contributed by atoms with E-state index in [9.17, 15) is 9.59 Å². The van der Waals surface area contributed by atoms with Crippen molar-refractivity contribution in [2.45, 2.75) is 13.8 Å². The van der Waals surface area contributed by atoms with Crippen LogP contribution in [0, 0.1) is 13.8 Å². The molecule has 0 saturated heterocycles. The molecule has 7 heteroatoms. The highest BCUT2D eigenvalue weighted by Gasteiger charge is 2.16. The zero-order valence-corrected chi connectivity index (χ0v) is 11.1. The normalized spacial score (nSPS) is 10.2. The average Bonchev–Trinajstić information content (AvgIpc) is 2.80. The lowest BCUT2D eigenvalue weighted by atomic mass is 10.2. The molecule has 98 valence electrons. The fourth-order valence-corrected chi connectivity index (χ4v) is 2.23. The van der Waals surface area contributed by atoms with E-state index >= 15 is 0 Å². The van der Waals surface area contributed by atoms with Gasteiger partial charge < -0.3 is 10.4 Å². The van der Waals surface area contributed by atoms with Gasteiger partial charge in [-0.25, -0.2) is 4.79 Å². The molecule has 2 aromatic heterocycles. The van der Waals surface area contributed by atoms with Crippen molar-refractivity contribution in [1.29, 1.82) is 0 Å². The number of nitrogens with zero attached hydrogens (tertiary/aromatic N) is 2. The van der Waals surface area contributed by atoms with Crippen LogP contribution < -0.4 is 5.32 Å². The number of aromatic nitrogens is 2. The van der Waals surface area contributed by atoms with E-state index < -0.39 is 11.9 Å². The molecule has 0 aliphatic carbocycles. The van der Waals surface area contributed by atoms with Gasteiger partial charge in [-0.2, -0.15) is 10.2 Å². The monoisotopic (exact) mass is 277 g/mol. The number of carbonyl (C=O) groups is 2. The molecule has 0 radical (unpaired) electrons. The molecule has 6 nitrogen and oxygen atoms in total. The lowest BCUT2D eigenvalue weighted by molar-refractivity contribution is 0.0703. The lowest BCUT2D eigenvalue weighted by Gasteiger charge is -2.06. The Morgan fingerprint density at radius 1 is 1.32 bits per heavy atom. The minimum absolute atomic E-state index is 0.102. The third-order valence-electron chi connectivity index (χ3n) is 2.45. The predicted molar refractivity (Wildman–Crippen MR) is 70.7 cm³/mol. The van der Waals surface area contributed by atoms with Crippen molar-refractivity contribution in [3.05, 3.63) is 39.3 Å². The predicted octanol–water partition coefficient (Wildman–Crippen LogP) is 2.11. The molecule has 2 rings (SSSR count). The Labute approximate surface area is 113 Å². The van der Waals surface area contributed by atoms with Crippen LogP contribution in [0.2, 0.25) is 0 Å². The molecule has 0 aliphatic heterocycles. The van der Waals surface area contributed by atoms with Gasteiger partial charge in [0, 0.05) is 0 Å². The number of amides is 1. The van der Waals surface area contributed by atoms with Gasteiger partial charge in [-0.1, -0.05) is 0 Å². The van der Waals surface area contributed by atoms with Crippen molar-refractivity contribution in [1.82, 2.24) is 10.2 Å². The van der Waals surface area contributed by atoms with Crippen LogP contribution in [0.25, 0.3) is 0 Å². The first kappa shape index (κ1) is 13.2. The van der Waals surface area contributed by atoms with Gasteiger partial charge in [-0.05, 0) is 31.4 Å². The maximum absolute atomic E-state index is 12.1. The van der Waals surface area contributed by atoms with Crippen LogP contribution in [0.3, 0.4) is 0 Å². The molecular weight excluding hydrogens is 266 g/mol. The summed E-state index contributed by atoms with van der Waals surface area (Å²) in [5, 5.41) is 20.9. The smallest absolute Gasteiger partial charge is 0.348 e. The first-order chi connectivity index (χ1) is 8.99. The van der Waals surface area contributed by atoms with Crippen molar-refractivity contribution in [2.75, 3.05) is 5.32 Å². The Kier molecular flexibility index (Phi) is 3.57. The van der Waals surface area contributed by atoms with E-state index in [0.717, 1.165) is 11.3 Å². The number of rotatable bonds is 3. The van der Waals surface area contributed by atoms with Crippen LogP contribution in [0.4, 0.5) is 5.69 Å². The SMILES string of the molecule is Cc1cc(C(=O)Nc2ccsc2C(=O)O)c(C)nn1. The second-order valence-electron chi connectivity index (χ2n) is 3.91. The summed E-state index contributed by atoms with van der Waals surface area (Å²) in [6, 6.07) is 3.17. The molecule has 1 amide bonds. The summed E-state index contributed by atoms with van der Waals surface area (Å²) in [7, 11) is 0. The standard InChI is InChI=1S/C12H11N3O3S/c1-6-5-8(7(2)15-14-6)11(16)13-9-3-4-19-10(9)12(17)18/h3-5H,1-2H3,(H,13,16)(H,17,18). The molecular formula is C12H11N3O3S. The first-order valence-corrected chi connectivity index (χ1v) is 6.30. The molecule has 0 aromatic carbocycles. The van der Waals surface area contributed by atoms with Gasteiger partial charge >= 0.3 is 5.97 Å². The summed E-state index contributed by atoms with van der Waals surface area (Å²) in [6.07, 6.45) is 0. The zero-order valence-electron chi connectivity index (χ0n) is 10.3. The van der Waals surface area contributed by atoms with Crippen LogP contribution in [-0.2, 0) is 0 Å². The Bertz CT molecular complexity index is 651. The summed E-state index contributed by atoms with van der Waals surface area (Å²) >= 11 is 1.06. The number of hydrogen-bond donors (Lipinski definition) is 2. The molecule has 0 bridgehead atoms. The van der Waals surface area contributed by atoms with Crippen LogP contribution in [0.5, 0.6) is 0 Å². The Hall–Kier alpha value is -2.28. The van der Waals surface area contributed by atoms with Crippen LogP contribution in [0.15, 0.2) is 17.5 Å². The number of hydrogen-bond acceptors (Lipinski definition) is 5. The third-order valence-corrected chi connectivity index (χ3v) is 3.36. The second-order valence-corrected chi connectivity index (χ2v) is 4.82. The highest BCUT2D eigenvalue weighted by atomic mass is 32.1. The van der Waals surface area contributed by atoms with E-state index in [1.807, 2.05) is 0 Å². The van der Waals surface area contributed by atoms with Crippen LogP contribution in [0.1, 0.15) is 31.4 Å². The minimum atomic E-state index is -1.06. The van der Waals surface area contributed by atoms with E-state index in [0.29, 0.717) is 17.0 Å². The lowest BCUT2D eigenvalue weighted by Crippen LogP contribution is -2.16. The van der Waals surface area contributed by atoms with E-state index in [1.54, 1.807) is 31.4 Å². The summed E-state index contributed by atoms with van der Waals surface area (Å²) in [4.78, 5) is 23.2. The van der Waals surface area contributed by atoms with Crippen molar-refractivity contribution >= 4 is 28.9 Å². The van der Waals surface area contributed by atoms with Gasteiger partial charge in [0.05, 0.1) is 22.6 Å². The first-order valence-electron chi connectivity index (χ1n) is 5.42. The molecule has 0 fully saturated rings. The second kappa shape index (κ2) is 5.15. The van der Waals surface area contributed by atoms with E-state index in [1.165, 1.54) is 0 Å². The molecule has 2 heterocycles. The maximum Gasteiger partial charge on any atom is 0.348 e. The Morgan fingerprint density at radius 3 is 2.74 bits per heavy atom. The van der Waals surface area contributed by atoms with Gasteiger partial charge in [-0.15, -0.1) is 11.3 Å². The van der Waals surface area contributed by atoms with E-state index in [4.69, 9.17) is 5.11 Å². The van der Waals surface area contributed by atoms with Crippen molar-refractivity contribution < 1.29 is 14.7 Å². The molecule has 0 spiro atoms. The molecule has 19 heavy (non-hydrogen) atoms. The molecule has 0 saturated carbocycles. The quantitative estimate of drug-likeness (QED) is 0.896. The number of nitrogens with one attached hydrogen (secondary N) is 1. The number of carboxylic acid groups (broad SMARTS) is 1. The summed E-state index contributed by atoms with van der Waals surface area (Å²) < 4.78 is 0. The maximum atomic E-state index is 12.1. The molecule has 0 aliphatic rings. The fourth-order valence-electron chi connectivity index (χ4n) is 1.54. The summed E-state index contributed by atoms with van der Waals surface area (Å²) in [5.74, 6) is -1.46. The average molecular weight is 277 g/mol. The van der Waals surface area contributed by atoms with Gasteiger partial charge in [0.25, 0.3) is 5.91 Å². The van der Waals surface area contributed by atoms with Crippen LogP contribution in [-0.4, -0.2) is 27.2 Å². The van der Waals surface area contributed by atoms with Gasteiger partial charge in [0.1, 0.15) is 4.88 Å². The minimum Gasteiger partial charge on any atom is -0.477 e. The highest BCUT2D eigenvalue weighted by Crippen LogP contribution is 2.23. The number of carboxylic acids is 1. The molecule has 2 aromatic rings. The van der Waals surface area contributed by atoms with Gasteiger partial charge in [0.15, 0.2) is 0 Å². The number of aromatic carboxylic acids is 1. The Balaban J connectivity index is 2.28. The summed E-state index contributed by atoms with van der Waals surface area (Å²) in [5.41, 5.74) is 1.79. The molecule has 0 atom stereocenters. The number of anilines is 1. The molecule has 0 unspecified atom stereocenters. The number of thiophene rings is 1. The Morgan fingerprint density at radius 2 is 2.05 bits per heavy atom. The number of aryl methyl sites for hydroxylation is 2. The third kappa shape index (κ3) is 2.76. The highest BCUT2D eigenvalue weighted by molar-refractivity contribution is 7.12. The fraction of sp³-hybridized carbons (Fsp3) is 0.167. The topological polar surface area (TPSA) is 92.2 Å². The molecule has 2 N–H and O–H groups in total. The summed E-state index contributed by atoms with van der Waals surface area (Å²) in [6.45, 7) is 3.41. The van der Waals surface area contributed by atoms with Crippen molar-refractivity contribution in [2.24, 2.45) is 0 Å². The van der Waals surface area contributed by atoms with E-state index in [-0.39, 0.29) is 10.6 Å². The van der Waals surface area contributed by atoms with Gasteiger partial charge in [-0.3, -0.25) is 4.79 Å². The largest absolute Gasteiger partial charge is 0.477 e.